The molecular weight excluding hydrogens is 396 g/mol. The second-order valence-corrected chi connectivity index (χ2v) is 7.08. The highest BCUT2D eigenvalue weighted by atomic mass is 35.5. The SMILES string of the molecule is CCN(c1ccc(OC(C)(CC)C(=O)O)cc1)c1nc2ccc(Cl)cc2[n+]([O-])n1. The van der Waals surface area contributed by atoms with Gasteiger partial charge in [-0.1, -0.05) is 18.5 Å². The minimum atomic E-state index is -1.30. The maximum absolute atomic E-state index is 12.3. The number of carboxylic acids is 1. The lowest BCUT2D eigenvalue weighted by Crippen LogP contribution is -2.40. The van der Waals surface area contributed by atoms with Gasteiger partial charge in [0.1, 0.15) is 11.3 Å². The van der Waals surface area contributed by atoms with Crippen molar-refractivity contribution in [2.24, 2.45) is 0 Å². The lowest BCUT2D eigenvalue weighted by Gasteiger charge is -2.25. The van der Waals surface area contributed by atoms with Gasteiger partial charge >= 0.3 is 5.97 Å². The average Bonchev–Trinajstić information content (AvgIpc) is 2.70. The number of nitrogens with zero attached hydrogens (tertiary/aromatic N) is 4. The van der Waals surface area contributed by atoms with E-state index in [2.05, 4.69) is 10.1 Å². The Morgan fingerprint density at radius 1 is 1.28 bits per heavy atom. The molecule has 0 saturated carbocycles. The third kappa shape index (κ3) is 4.17. The molecule has 1 atom stereocenters. The molecule has 8 nitrogen and oxygen atoms in total. The van der Waals surface area contributed by atoms with Gasteiger partial charge in [0, 0.05) is 23.3 Å². The fourth-order valence-electron chi connectivity index (χ4n) is 2.78. The van der Waals surface area contributed by atoms with Crippen LogP contribution < -0.4 is 14.5 Å². The molecule has 1 aromatic heterocycles. The molecule has 0 fully saturated rings. The van der Waals surface area contributed by atoms with Crippen LogP contribution in [-0.4, -0.2) is 33.3 Å². The number of benzene rings is 2. The summed E-state index contributed by atoms with van der Waals surface area (Å²) in [5.41, 5.74) is 0.200. The van der Waals surface area contributed by atoms with Crippen LogP contribution in [0.5, 0.6) is 5.75 Å². The second-order valence-electron chi connectivity index (χ2n) is 6.65. The molecule has 3 rings (SSSR count). The van der Waals surface area contributed by atoms with E-state index in [1.807, 2.05) is 6.92 Å². The quantitative estimate of drug-likeness (QED) is 0.462. The third-order valence-corrected chi connectivity index (χ3v) is 4.96. The Kier molecular flexibility index (Phi) is 5.74. The van der Waals surface area contributed by atoms with E-state index in [-0.39, 0.29) is 11.5 Å². The van der Waals surface area contributed by atoms with Gasteiger partial charge in [-0.2, -0.15) is 0 Å². The molecule has 0 amide bonds. The van der Waals surface area contributed by atoms with Crippen molar-refractivity contribution in [3.8, 4) is 5.75 Å². The maximum atomic E-state index is 12.3. The summed E-state index contributed by atoms with van der Waals surface area (Å²) in [6.45, 7) is 5.71. The van der Waals surface area contributed by atoms with Crippen LogP contribution in [0.4, 0.5) is 11.6 Å². The third-order valence-electron chi connectivity index (χ3n) is 4.72. The Bertz CT molecular complexity index is 1040. The van der Waals surface area contributed by atoms with Crippen molar-refractivity contribution in [1.29, 1.82) is 0 Å². The number of rotatable bonds is 7. The van der Waals surface area contributed by atoms with Gasteiger partial charge in [-0.3, -0.25) is 0 Å². The number of carbonyl (C=O) groups is 1. The number of aromatic nitrogens is 3. The largest absolute Gasteiger partial charge is 0.594 e. The summed E-state index contributed by atoms with van der Waals surface area (Å²) < 4.78 is 5.66. The topological polar surface area (TPSA) is 102 Å². The fourth-order valence-corrected chi connectivity index (χ4v) is 2.95. The summed E-state index contributed by atoms with van der Waals surface area (Å²) in [6.07, 6.45) is 0.323. The van der Waals surface area contributed by atoms with Crippen LogP contribution in [0.3, 0.4) is 0 Å². The molecule has 0 aliphatic carbocycles. The molecule has 29 heavy (non-hydrogen) atoms. The number of aliphatic carboxylic acids is 1. The smallest absolute Gasteiger partial charge is 0.347 e. The first-order valence-corrected chi connectivity index (χ1v) is 9.52. The van der Waals surface area contributed by atoms with Crippen LogP contribution in [0.15, 0.2) is 42.5 Å². The molecule has 0 aliphatic heterocycles. The summed E-state index contributed by atoms with van der Waals surface area (Å²) in [4.78, 5) is 18.2. The molecule has 1 heterocycles. The summed E-state index contributed by atoms with van der Waals surface area (Å²) >= 11 is 5.94. The highest BCUT2D eigenvalue weighted by molar-refractivity contribution is 6.31. The van der Waals surface area contributed by atoms with Gasteiger partial charge in [0.2, 0.25) is 5.60 Å². The first kappa shape index (κ1) is 20.6. The van der Waals surface area contributed by atoms with Gasteiger partial charge in [0.25, 0.3) is 11.5 Å². The molecular formula is C20H21ClN4O4. The molecule has 1 N–H and O–H groups in total. The molecule has 1 unspecified atom stereocenters. The Balaban J connectivity index is 1.92. The van der Waals surface area contributed by atoms with Gasteiger partial charge < -0.3 is 20.0 Å². The first-order chi connectivity index (χ1) is 13.8. The molecule has 0 bridgehead atoms. The van der Waals surface area contributed by atoms with E-state index in [1.165, 1.54) is 13.0 Å². The summed E-state index contributed by atoms with van der Waals surface area (Å²) in [5, 5.41) is 26.1. The number of anilines is 2. The number of fused-ring (bicyclic) bond motifs is 1. The van der Waals surface area contributed by atoms with Crippen molar-refractivity contribution in [1.82, 2.24) is 10.1 Å². The molecule has 2 aromatic carbocycles. The number of halogens is 1. The molecule has 152 valence electrons. The zero-order valence-electron chi connectivity index (χ0n) is 16.3. The maximum Gasteiger partial charge on any atom is 0.347 e. The Morgan fingerprint density at radius 2 is 1.97 bits per heavy atom. The predicted octanol–water partition coefficient (Wildman–Crippen LogP) is 3.71. The van der Waals surface area contributed by atoms with Crippen LogP contribution in [0.1, 0.15) is 27.2 Å². The zero-order valence-corrected chi connectivity index (χ0v) is 17.1. The summed E-state index contributed by atoms with van der Waals surface area (Å²) in [7, 11) is 0. The van der Waals surface area contributed by atoms with Crippen LogP contribution in [0, 0.1) is 5.21 Å². The molecule has 0 aliphatic rings. The minimum absolute atomic E-state index is 0.245. The number of carboxylic acid groups (broad SMARTS) is 1. The van der Waals surface area contributed by atoms with E-state index >= 15 is 0 Å². The average molecular weight is 417 g/mol. The van der Waals surface area contributed by atoms with Crippen LogP contribution in [0.2, 0.25) is 5.02 Å². The van der Waals surface area contributed by atoms with Gasteiger partial charge in [0.05, 0.1) is 5.10 Å². The minimum Gasteiger partial charge on any atom is -0.594 e. The van der Waals surface area contributed by atoms with Crippen molar-refractivity contribution < 1.29 is 19.5 Å². The normalized spacial score (nSPS) is 13.1. The van der Waals surface area contributed by atoms with Crippen LogP contribution in [-0.2, 0) is 4.79 Å². The van der Waals surface area contributed by atoms with Crippen molar-refractivity contribution in [2.45, 2.75) is 32.8 Å². The van der Waals surface area contributed by atoms with E-state index in [0.717, 1.165) is 5.69 Å². The Labute approximate surface area is 172 Å². The molecule has 9 heteroatoms. The lowest BCUT2D eigenvalue weighted by molar-refractivity contribution is -0.641. The van der Waals surface area contributed by atoms with E-state index in [0.29, 0.717) is 34.1 Å². The van der Waals surface area contributed by atoms with E-state index < -0.39 is 11.6 Å². The standard InChI is InChI=1S/C20H21ClN4O4/c1-4-20(3,18(26)27)29-15-9-7-14(8-10-15)24(5-2)19-22-16-11-6-13(21)12-17(16)25(28)23-19/h6-12H,4-5H2,1-3H3,(H,26,27). The first-order valence-electron chi connectivity index (χ1n) is 9.14. The van der Waals surface area contributed by atoms with Crippen LogP contribution in [0.25, 0.3) is 11.0 Å². The van der Waals surface area contributed by atoms with Crippen molar-refractivity contribution in [3.63, 3.8) is 0 Å². The molecule has 0 radical (unpaired) electrons. The van der Waals surface area contributed by atoms with Gasteiger partial charge in [-0.25, -0.2) is 9.78 Å². The van der Waals surface area contributed by atoms with Gasteiger partial charge in [-0.15, -0.1) is 0 Å². The number of hydrogen-bond acceptors (Lipinski definition) is 6. The lowest BCUT2D eigenvalue weighted by atomic mass is 10.0. The number of hydrogen-bond donors (Lipinski definition) is 1. The Morgan fingerprint density at radius 3 is 2.55 bits per heavy atom. The highest BCUT2D eigenvalue weighted by Gasteiger charge is 2.33. The van der Waals surface area contributed by atoms with E-state index in [9.17, 15) is 15.1 Å². The molecule has 3 aromatic rings. The molecule has 0 saturated heterocycles. The highest BCUT2D eigenvalue weighted by Crippen LogP contribution is 2.28. The van der Waals surface area contributed by atoms with Crippen LogP contribution >= 0.6 is 11.6 Å². The van der Waals surface area contributed by atoms with Gasteiger partial charge in [-0.05, 0) is 61.5 Å². The Hall–Kier alpha value is -3.13. The van der Waals surface area contributed by atoms with E-state index in [4.69, 9.17) is 16.3 Å². The zero-order chi connectivity index (χ0) is 21.2. The molecule has 0 spiro atoms. The second kappa shape index (κ2) is 8.08. The monoisotopic (exact) mass is 416 g/mol. The van der Waals surface area contributed by atoms with E-state index in [1.54, 1.807) is 48.2 Å². The van der Waals surface area contributed by atoms with Crippen molar-refractivity contribution in [2.75, 3.05) is 11.4 Å². The van der Waals surface area contributed by atoms with Crippen molar-refractivity contribution >= 4 is 40.2 Å². The summed E-state index contributed by atoms with van der Waals surface area (Å²) in [6, 6.07) is 11.7. The fraction of sp³-hybridized carbons (Fsp3) is 0.300. The number of ether oxygens (including phenoxy) is 1. The summed E-state index contributed by atoms with van der Waals surface area (Å²) in [5.74, 6) is -0.344. The predicted molar refractivity (Wildman–Crippen MR) is 110 cm³/mol. The van der Waals surface area contributed by atoms with Gasteiger partial charge in [0.15, 0.2) is 0 Å². The van der Waals surface area contributed by atoms with Crippen molar-refractivity contribution in [3.05, 3.63) is 52.7 Å².